The number of rotatable bonds is 2. The predicted molar refractivity (Wildman–Crippen MR) is 78.7 cm³/mol. The van der Waals surface area contributed by atoms with Crippen LogP contribution in [0, 0.1) is 5.92 Å². The van der Waals surface area contributed by atoms with Crippen LogP contribution in [0.1, 0.15) is 44.1 Å². The molecule has 2 N–H and O–H groups in total. The van der Waals surface area contributed by atoms with Crippen molar-refractivity contribution < 1.29 is 4.74 Å². The minimum absolute atomic E-state index is 0.0981. The van der Waals surface area contributed by atoms with Crippen LogP contribution in [0.2, 0.25) is 0 Å². The third kappa shape index (κ3) is 2.65. The number of aromatic nitrogens is 2. The van der Waals surface area contributed by atoms with Gasteiger partial charge in [-0.3, -0.25) is 0 Å². The maximum atomic E-state index is 5.82. The van der Waals surface area contributed by atoms with Gasteiger partial charge in [-0.15, -0.1) is 0 Å². The van der Waals surface area contributed by atoms with Crippen LogP contribution in [-0.4, -0.2) is 35.7 Å². The number of piperidine rings is 1. The second-order valence-electron chi connectivity index (χ2n) is 6.06. The lowest BCUT2D eigenvalue weighted by molar-refractivity contribution is -0.00619. The van der Waals surface area contributed by atoms with Gasteiger partial charge in [0.15, 0.2) is 0 Å². The zero-order valence-corrected chi connectivity index (χ0v) is 12.4. The molecule has 0 radical (unpaired) electrons. The van der Waals surface area contributed by atoms with Gasteiger partial charge in [-0.05, 0) is 39.2 Å². The highest BCUT2D eigenvalue weighted by molar-refractivity contribution is 5.35. The zero-order chi connectivity index (χ0) is 14.1. The molecule has 20 heavy (non-hydrogen) atoms. The number of nitrogens with two attached hydrogens (primary N) is 1. The van der Waals surface area contributed by atoms with E-state index in [1.165, 1.54) is 12.8 Å². The molecule has 3 heterocycles. The molecule has 0 saturated carbocycles. The third-order valence-electron chi connectivity index (χ3n) is 4.38. The number of ether oxygens (including phenoxy) is 1. The van der Waals surface area contributed by atoms with E-state index in [0.29, 0.717) is 5.92 Å². The van der Waals surface area contributed by atoms with E-state index in [0.717, 1.165) is 43.3 Å². The van der Waals surface area contributed by atoms with E-state index in [2.05, 4.69) is 23.7 Å². The van der Waals surface area contributed by atoms with Crippen molar-refractivity contribution in [3.05, 3.63) is 17.5 Å². The summed E-state index contributed by atoms with van der Waals surface area (Å²) in [6.45, 7) is 6.95. The highest BCUT2D eigenvalue weighted by atomic mass is 16.5. The minimum atomic E-state index is 0.0981. The quantitative estimate of drug-likeness (QED) is 0.890. The van der Waals surface area contributed by atoms with Crippen LogP contribution in [0.25, 0.3) is 0 Å². The Morgan fingerprint density at radius 2 is 2.30 bits per heavy atom. The molecule has 0 spiro atoms. The summed E-state index contributed by atoms with van der Waals surface area (Å²) in [5, 5.41) is 0. The lowest BCUT2D eigenvalue weighted by atomic mass is 9.98. The fourth-order valence-corrected chi connectivity index (χ4v) is 3.25. The van der Waals surface area contributed by atoms with Crippen molar-refractivity contribution in [3.8, 4) is 0 Å². The zero-order valence-electron chi connectivity index (χ0n) is 12.4. The van der Waals surface area contributed by atoms with Crippen LogP contribution in [-0.2, 0) is 11.2 Å². The Kier molecular flexibility index (Phi) is 3.89. The van der Waals surface area contributed by atoms with E-state index in [1.54, 1.807) is 0 Å². The molecule has 1 saturated heterocycles. The molecule has 2 aliphatic heterocycles. The van der Waals surface area contributed by atoms with E-state index in [4.69, 9.17) is 15.5 Å². The molecule has 0 aliphatic carbocycles. The average Bonchev–Trinajstić information content (AvgIpc) is 2.46. The normalized spacial score (nSPS) is 30.1. The molecule has 0 aromatic carbocycles. The van der Waals surface area contributed by atoms with Crippen molar-refractivity contribution >= 4 is 5.95 Å². The summed E-state index contributed by atoms with van der Waals surface area (Å²) in [5.74, 6) is 1.44. The molecule has 2 aliphatic rings. The summed E-state index contributed by atoms with van der Waals surface area (Å²) in [4.78, 5) is 11.6. The maximum absolute atomic E-state index is 5.82. The highest BCUT2D eigenvalue weighted by Gasteiger charge is 2.26. The number of nitrogens with zero attached hydrogens (tertiary/aromatic N) is 3. The molecule has 110 valence electrons. The summed E-state index contributed by atoms with van der Waals surface area (Å²) in [6.07, 6.45) is 5.56. The van der Waals surface area contributed by atoms with Crippen LogP contribution in [0.3, 0.4) is 0 Å². The largest absolute Gasteiger partial charge is 0.370 e. The minimum Gasteiger partial charge on any atom is -0.370 e. The second-order valence-corrected chi connectivity index (χ2v) is 6.06. The Balaban J connectivity index is 1.83. The van der Waals surface area contributed by atoms with Gasteiger partial charge in [0, 0.05) is 31.3 Å². The first kappa shape index (κ1) is 13.8. The Hall–Kier alpha value is -1.20. The van der Waals surface area contributed by atoms with Gasteiger partial charge in [0.05, 0.1) is 17.9 Å². The van der Waals surface area contributed by atoms with Crippen molar-refractivity contribution in [2.45, 2.75) is 45.3 Å². The van der Waals surface area contributed by atoms with E-state index < -0.39 is 0 Å². The molecule has 3 rings (SSSR count). The number of anilines is 1. The predicted octanol–water partition coefficient (Wildman–Crippen LogP) is 1.67. The first-order valence-electron chi connectivity index (χ1n) is 7.63. The lowest BCUT2D eigenvalue weighted by Gasteiger charge is -2.33. The fourth-order valence-electron chi connectivity index (χ4n) is 3.25. The molecule has 1 fully saturated rings. The van der Waals surface area contributed by atoms with Crippen molar-refractivity contribution in [1.29, 1.82) is 0 Å². The van der Waals surface area contributed by atoms with Crippen molar-refractivity contribution in [1.82, 2.24) is 9.97 Å². The summed E-state index contributed by atoms with van der Waals surface area (Å²) in [7, 11) is 0. The highest BCUT2D eigenvalue weighted by Crippen LogP contribution is 2.29. The van der Waals surface area contributed by atoms with Gasteiger partial charge in [0.25, 0.3) is 0 Å². The Bertz CT molecular complexity index is 479. The van der Waals surface area contributed by atoms with Gasteiger partial charge in [-0.1, -0.05) is 0 Å². The van der Waals surface area contributed by atoms with E-state index in [1.807, 2.05) is 6.20 Å². The first-order valence-corrected chi connectivity index (χ1v) is 7.63. The number of fused-ring (bicyclic) bond motifs is 1. The van der Waals surface area contributed by atoms with Crippen molar-refractivity contribution in [3.63, 3.8) is 0 Å². The van der Waals surface area contributed by atoms with Crippen LogP contribution < -0.4 is 10.6 Å². The Morgan fingerprint density at radius 3 is 3.10 bits per heavy atom. The molecular weight excluding hydrogens is 252 g/mol. The van der Waals surface area contributed by atoms with Crippen LogP contribution in [0.4, 0.5) is 5.95 Å². The summed E-state index contributed by atoms with van der Waals surface area (Å²) >= 11 is 0. The molecule has 1 aromatic rings. The van der Waals surface area contributed by atoms with E-state index in [-0.39, 0.29) is 12.2 Å². The Labute approximate surface area is 120 Å². The fraction of sp³-hybridized carbons (Fsp3) is 0.733. The molecule has 0 bridgehead atoms. The van der Waals surface area contributed by atoms with Crippen LogP contribution in [0.5, 0.6) is 0 Å². The van der Waals surface area contributed by atoms with Crippen molar-refractivity contribution in [2.75, 3.05) is 24.5 Å². The molecular formula is C15H24N4O. The van der Waals surface area contributed by atoms with Gasteiger partial charge < -0.3 is 15.4 Å². The Morgan fingerprint density at radius 1 is 1.45 bits per heavy atom. The van der Waals surface area contributed by atoms with Gasteiger partial charge >= 0.3 is 0 Å². The van der Waals surface area contributed by atoms with Gasteiger partial charge in [0.1, 0.15) is 0 Å². The van der Waals surface area contributed by atoms with Crippen molar-refractivity contribution in [2.24, 2.45) is 11.7 Å². The number of hydrogen-bond donors (Lipinski definition) is 1. The average molecular weight is 276 g/mol. The number of hydrogen-bond acceptors (Lipinski definition) is 5. The van der Waals surface area contributed by atoms with Crippen LogP contribution >= 0.6 is 0 Å². The monoisotopic (exact) mass is 276 g/mol. The van der Waals surface area contributed by atoms with Gasteiger partial charge in [0.2, 0.25) is 5.95 Å². The third-order valence-corrected chi connectivity index (χ3v) is 4.38. The first-order chi connectivity index (χ1) is 9.67. The second kappa shape index (κ2) is 5.66. The van der Waals surface area contributed by atoms with Crippen LogP contribution in [0.15, 0.2) is 6.20 Å². The van der Waals surface area contributed by atoms with E-state index >= 15 is 0 Å². The smallest absolute Gasteiger partial charge is 0.225 e. The summed E-state index contributed by atoms with van der Waals surface area (Å²) in [5.41, 5.74) is 8.09. The van der Waals surface area contributed by atoms with Gasteiger partial charge in [-0.25, -0.2) is 9.97 Å². The van der Waals surface area contributed by atoms with Gasteiger partial charge in [-0.2, -0.15) is 0 Å². The topological polar surface area (TPSA) is 64.3 Å². The van der Waals surface area contributed by atoms with E-state index in [9.17, 15) is 0 Å². The maximum Gasteiger partial charge on any atom is 0.225 e. The molecule has 5 heteroatoms. The molecule has 0 amide bonds. The molecule has 1 aromatic heterocycles. The SMILES string of the molecule is CC1Cc2nc(N3CCCC(CN)C3)ncc2C(C)O1. The lowest BCUT2D eigenvalue weighted by Crippen LogP contribution is -2.39. The molecule has 3 atom stereocenters. The molecule has 3 unspecified atom stereocenters. The summed E-state index contributed by atoms with van der Waals surface area (Å²) < 4.78 is 5.82. The molecule has 5 nitrogen and oxygen atoms in total. The summed E-state index contributed by atoms with van der Waals surface area (Å²) in [6, 6.07) is 0. The standard InChI is InChI=1S/C15H24N4O/c1-10-6-14-13(11(2)20-10)8-17-15(18-14)19-5-3-4-12(7-16)9-19/h8,10-12H,3-7,9,16H2,1-2H3.